The van der Waals surface area contributed by atoms with Gasteiger partial charge in [0.15, 0.2) is 0 Å². The van der Waals surface area contributed by atoms with Crippen LogP contribution in [0.25, 0.3) is 0 Å². The number of amides is 2. The zero-order valence-corrected chi connectivity index (χ0v) is 16.7. The standard InChI is InChI=1S/C20H32N4O3/c1-4-10-21-20(26)16(3)22-19(25)15-23-11-13-24(14-12-23)17-8-6-7-9-18(17)27-5-2/h6-9,16H,4-5,10-15H2,1-3H3,(H,21,26)(H,22,25)/t16-/m0/s1. The number of rotatable bonds is 9. The van der Waals surface area contributed by atoms with Gasteiger partial charge in [-0.25, -0.2) is 0 Å². The molecule has 7 nitrogen and oxygen atoms in total. The predicted octanol–water partition coefficient (Wildman–Crippen LogP) is 1.24. The molecule has 2 N–H and O–H groups in total. The molecule has 1 saturated heterocycles. The zero-order chi connectivity index (χ0) is 19.6. The van der Waals surface area contributed by atoms with Crippen molar-refractivity contribution in [2.24, 2.45) is 0 Å². The van der Waals surface area contributed by atoms with Gasteiger partial charge in [-0.05, 0) is 32.4 Å². The Morgan fingerprint density at radius 3 is 2.52 bits per heavy atom. The van der Waals surface area contributed by atoms with Gasteiger partial charge in [-0.15, -0.1) is 0 Å². The zero-order valence-electron chi connectivity index (χ0n) is 16.7. The second kappa shape index (κ2) is 10.8. The molecule has 0 unspecified atom stereocenters. The summed E-state index contributed by atoms with van der Waals surface area (Å²) in [4.78, 5) is 28.5. The fraction of sp³-hybridized carbons (Fsp3) is 0.600. The summed E-state index contributed by atoms with van der Waals surface area (Å²) in [5, 5.41) is 5.57. The minimum absolute atomic E-state index is 0.114. The maximum absolute atomic E-state index is 12.2. The van der Waals surface area contributed by atoms with E-state index in [-0.39, 0.29) is 11.8 Å². The van der Waals surface area contributed by atoms with Crippen molar-refractivity contribution in [3.05, 3.63) is 24.3 Å². The summed E-state index contributed by atoms with van der Waals surface area (Å²) in [6, 6.07) is 7.55. The monoisotopic (exact) mass is 376 g/mol. The fourth-order valence-electron chi connectivity index (χ4n) is 3.10. The van der Waals surface area contributed by atoms with Gasteiger partial charge >= 0.3 is 0 Å². The van der Waals surface area contributed by atoms with Crippen molar-refractivity contribution < 1.29 is 14.3 Å². The molecule has 7 heteroatoms. The highest BCUT2D eigenvalue weighted by molar-refractivity contribution is 5.87. The second-order valence-corrected chi connectivity index (χ2v) is 6.74. The van der Waals surface area contributed by atoms with Crippen LogP contribution in [0.15, 0.2) is 24.3 Å². The molecule has 0 aliphatic carbocycles. The summed E-state index contributed by atoms with van der Waals surface area (Å²) in [6.07, 6.45) is 0.878. The van der Waals surface area contributed by atoms with E-state index in [0.29, 0.717) is 19.7 Å². The van der Waals surface area contributed by atoms with Gasteiger partial charge in [0.25, 0.3) is 0 Å². The maximum atomic E-state index is 12.2. The van der Waals surface area contributed by atoms with E-state index < -0.39 is 6.04 Å². The molecule has 0 saturated carbocycles. The Kier molecular flexibility index (Phi) is 8.39. The molecule has 0 bridgehead atoms. The molecule has 1 heterocycles. The second-order valence-electron chi connectivity index (χ2n) is 6.74. The van der Waals surface area contributed by atoms with Crippen LogP contribution < -0.4 is 20.3 Å². The van der Waals surface area contributed by atoms with Gasteiger partial charge in [0.1, 0.15) is 11.8 Å². The minimum atomic E-state index is -0.511. The number of nitrogens with one attached hydrogen (secondary N) is 2. The summed E-state index contributed by atoms with van der Waals surface area (Å²) in [5.74, 6) is 0.651. The largest absolute Gasteiger partial charge is 0.492 e. The van der Waals surface area contributed by atoms with Crippen molar-refractivity contribution in [1.29, 1.82) is 0 Å². The van der Waals surface area contributed by atoms with Crippen molar-refractivity contribution in [3.8, 4) is 5.75 Å². The first kappa shape index (κ1) is 21.0. The Hall–Kier alpha value is -2.28. The van der Waals surface area contributed by atoms with E-state index in [4.69, 9.17) is 4.74 Å². The first-order valence-corrected chi connectivity index (χ1v) is 9.81. The number of anilines is 1. The molecular formula is C20H32N4O3. The Morgan fingerprint density at radius 2 is 1.85 bits per heavy atom. The molecule has 1 aliphatic rings. The molecule has 2 amide bonds. The lowest BCUT2D eigenvalue weighted by atomic mass is 10.2. The van der Waals surface area contributed by atoms with Crippen molar-refractivity contribution >= 4 is 17.5 Å². The smallest absolute Gasteiger partial charge is 0.242 e. The molecule has 1 aliphatic heterocycles. The van der Waals surface area contributed by atoms with Crippen LogP contribution in [0.2, 0.25) is 0 Å². The summed E-state index contributed by atoms with van der Waals surface area (Å²) in [5.41, 5.74) is 1.10. The van der Waals surface area contributed by atoms with Crippen molar-refractivity contribution in [1.82, 2.24) is 15.5 Å². The summed E-state index contributed by atoms with van der Waals surface area (Å²) in [7, 11) is 0. The van der Waals surface area contributed by atoms with E-state index in [1.165, 1.54) is 0 Å². The van der Waals surface area contributed by atoms with Crippen molar-refractivity contribution in [2.45, 2.75) is 33.2 Å². The molecule has 1 fully saturated rings. The lowest BCUT2D eigenvalue weighted by Crippen LogP contribution is -2.52. The fourth-order valence-corrected chi connectivity index (χ4v) is 3.10. The third-order valence-electron chi connectivity index (χ3n) is 4.57. The first-order chi connectivity index (χ1) is 13.0. The molecule has 27 heavy (non-hydrogen) atoms. The quantitative estimate of drug-likeness (QED) is 0.678. The molecule has 1 atom stereocenters. The van der Waals surface area contributed by atoms with E-state index in [9.17, 15) is 9.59 Å². The molecule has 1 aromatic rings. The average Bonchev–Trinajstić information content (AvgIpc) is 2.67. The molecule has 0 aromatic heterocycles. The molecule has 0 spiro atoms. The van der Waals surface area contributed by atoms with Gasteiger partial charge < -0.3 is 20.3 Å². The lowest BCUT2D eigenvalue weighted by molar-refractivity contribution is -0.129. The number of carbonyl (C=O) groups is 2. The van der Waals surface area contributed by atoms with Crippen molar-refractivity contribution in [3.63, 3.8) is 0 Å². The molecule has 150 valence electrons. The van der Waals surface area contributed by atoms with Gasteiger partial charge in [0.2, 0.25) is 11.8 Å². The van der Waals surface area contributed by atoms with Crippen LogP contribution in [0, 0.1) is 0 Å². The number of piperazine rings is 1. The molecule has 1 aromatic carbocycles. The van der Waals surface area contributed by atoms with Crippen LogP contribution in [0.3, 0.4) is 0 Å². The number of hydrogen-bond donors (Lipinski definition) is 2. The van der Waals surface area contributed by atoms with Crippen LogP contribution in [0.4, 0.5) is 5.69 Å². The van der Waals surface area contributed by atoms with Gasteiger partial charge in [-0.2, -0.15) is 0 Å². The van der Waals surface area contributed by atoms with Gasteiger partial charge in [-0.1, -0.05) is 19.1 Å². The molecular weight excluding hydrogens is 344 g/mol. The highest BCUT2D eigenvalue weighted by Gasteiger charge is 2.22. The molecule has 2 rings (SSSR count). The number of para-hydroxylation sites is 2. The van der Waals surface area contributed by atoms with E-state index >= 15 is 0 Å². The lowest BCUT2D eigenvalue weighted by Gasteiger charge is -2.36. The highest BCUT2D eigenvalue weighted by atomic mass is 16.5. The van der Waals surface area contributed by atoms with Crippen LogP contribution in [0.1, 0.15) is 27.2 Å². The topological polar surface area (TPSA) is 73.9 Å². The van der Waals surface area contributed by atoms with E-state index in [2.05, 4.69) is 26.5 Å². The van der Waals surface area contributed by atoms with Gasteiger partial charge in [-0.3, -0.25) is 14.5 Å². The van der Waals surface area contributed by atoms with Crippen LogP contribution in [0.5, 0.6) is 5.75 Å². The third-order valence-corrected chi connectivity index (χ3v) is 4.57. The van der Waals surface area contributed by atoms with Crippen molar-refractivity contribution in [2.75, 3.05) is 50.8 Å². The summed E-state index contributed by atoms with van der Waals surface area (Å²) >= 11 is 0. The maximum Gasteiger partial charge on any atom is 0.242 e. The Bertz CT molecular complexity index is 615. The summed E-state index contributed by atoms with van der Waals surface area (Å²) < 4.78 is 5.72. The Morgan fingerprint density at radius 1 is 1.15 bits per heavy atom. The highest BCUT2D eigenvalue weighted by Crippen LogP contribution is 2.28. The number of hydrogen-bond acceptors (Lipinski definition) is 5. The van der Waals surface area contributed by atoms with Crippen LogP contribution in [-0.4, -0.2) is 68.6 Å². The summed E-state index contributed by atoms with van der Waals surface area (Å²) in [6.45, 7) is 10.5. The number of nitrogens with zero attached hydrogens (tertiary/aromatic N) is 2. The Balaban J connectivity index is 1.79. The van der Waals surface area contributed by atoms with E-state index in [1.54, 1.807) is 6.92 Å². The van der Waals surface area contributed by atoms with E-state index in [0.717, 1.165) is 44.0 Å². The SMILES string of the molecule is CCCNC(=O)[C@H](C)NC(=O)CN1CCN(c2ccccc2OCC)CC1. The van der Waals surface area contributed by atoms with Crippen LogP contribution >= 0.6 is 0 Å². The Labute approximate surface area is 162 Å². The van der Waals surface area contributed by atoms with Gasteiger partial charge in [0.05, 0.1) is 18.8 Å². The number of ether oxygens (including phenoxy) is 1. The molecule has 0 radical (unpaired) electrons. The first-order valence-electron chi connectivity index (χ1n) is 9.81. The third kappa shape index (κ3) is 6.43. The van der Waals surface area contributed by atoms with E-state index in [1.807, 2.05) is 32.0 Å². The van der Waals surface area contributed by atoms with Gasteiger partial charge in [0, 0.05) is 32.7 Å². The minimum Gasteiger partial charge on any atom is -0.492 e. The normalized spacial score (nSPS) is 15.9. The van der Waals surface area contributed by atoms with Crippen LogP contribution in [-0.2, 0) is 9.59 Å². The average molecular weight is 377 g/mol. The number of benzene rings is 1. The number of carbonyl (C=O) groups excluding carboxylic acids is 2. The predicted molar refractivity (Wildman–Crippen MR) is 107 cm³/mol.